The van der Waals surface area contributed by atoms with E-state index in [1.807, 2.05) is 6.92 Å². The standard InChI is InChI=1S/C30H36ClN3O6S/c1-5-6-18-32-30(36)22(2)33(20-23-12-14-24(31)15-13-23)29(35)21-34(41(37,38)26-10-8-7-9-11-26)25-16-17-27(39-3)28(19-25)40-4/h7-17,19,22H,5-6,18,20-21H2,1-4H3,(H,32,36)/t22-/m0/s1. The number of amides is 2. The largest absolute Gasteiger partial charge is 0.493 e. The fourth-order valence-corrected chi connectivity index (χ4v) is 5.69. The lowest BCUT2D eigenvalue weighted by Gasteiger charge is -2.32. The maximum Gasteiger partial charge on any atom is 0.264 e. The molecule has 0 radical (unpaired) electrons. The van der Waals surface area contributed by atoms with Gasteiger partial charge in [0.15, 0.2) is 11.5 Å². The minimum Gasteiger partial charge on any atom is -0.493 e. The van der Waals surface area contributed by atoms with Crippen LogP contribution < -0.4 is 19.1 Å². The molecule has 0 aliphatic rings. The molecule has 0 heterocycles. The van der Waals surface area contributed by atoms with Crippen LogP contribution in [0.4, 0.5) is 5.69 Å². The van der Waals surface area contributed by atoms with Crippen molar-refractivity contribution in [1.29, 1.82) is 0 Å². The Kier molecular flexibility index (Phi) is 11.4. The summed E-state index contributed by atoms with van der Waals surface area (Å²) in [5.41, 5.74) is 0.936. The smallest absolute Gasteiger partial charge is 0.264 e. The average Bonchev–Trinajstić information content (AvgIpc) is 2.99. The van der Waals surface area contributed by atoms with Gasteiger partial charge in [0.2, 0.25) is 11.8 Å². The van der Waals surface area contributed by atoms with Crippen LogP contribution in [0.25, 0.3) is 0 Å². The first-order valence-corrected chi connectivity index (χ1v) is 15.1. The molecule has 0 saturated carbocycles. The lowest BCUT2D eigenvalue weighted by atomic mass is 10.1. The van der Waals surface area contributed by atoms with E-state index in [-0.39, 0.29) is 23.0 Å². The monoisotopic (exact) mass is 601 g/mol. The molecule has 0 spiro atoms. The average molecular weight is 602 g/mol. The van der Waals surface area contributed by atoms with Gasteiger partial charge in [-0.15, -0.1) is 0 Å². The molecule has 3 rings (SSSR count). The van der Waals surface area contributed by atoms with Gasteiger partial charge in [-0.3, -0.25) is 13.9 Å². The Morgan fingerprint density at radius 3 is 2.22 bits per heavy atom. The second-order valence-electron chi connectivity index (χ2n) is 9.33. The molecule has 0 fully saturated rings. The Morgan fingerprint density at radius 1 is 0.951 bits per heavy atom. The Labute approximate surface area is 247 Å². The zero-order chi connectivity index (χ0) is 30.0. The lowest BCUT2D eigenvalue weighted by Crippen LogP contribution is -2.51. The molecule has 0 unspecified atom stereocenters. The maximum absolute atomic E-state index is 14.0. The number of benzene rings is 3. The minimum atomic E-state index is -4.20. The normalized spacial score (nSPS) is 11.8. The van der Waals surface area contributed by atoms with E-state index in [0.29, 0.717) is 23.1 Å². The SMILES string of the molecule is CCCCNC(=O)[C@H](C)N(Cc1ccc(Cl)cc1)C(=O)CN(c1ccc(OC)c(OC)c1)S(=O)(=O)c1ccccc1. The van der Waals surface area contributed by atoms with Gasteiger partial charge in [-0.25, -0.2) is 8.42 Å². The van der Waals surface area contributed by atoms with Crippen LogP contribution in [0.15, 0.2) is 77.7 Å². The van der Waals surface area contributed by atoms with Crippen molar-refractivity contribution in [2.75, 3.05) is 31.6 Å². The summed E-state index contributed by atoms with van der Waals surface area (Å²) in [4.78, 5) is 28.4. The lowest BCUT2D eigenvalue weighted by molar-refractivity contribution is -0.139. The van der Waals surface area contributed by atoms with Gasteiger partial charge in [-0.2, -0.15) is 0 Å². The van der Waals surface area contributed by atoms with Gasteiger partial charge < -0.3 is 19.7 Å². The molecule has 3 aromatic rings. The third-order valence-corrected chi connectivity index (χ3v) is 8.57. The van der Waals surface area contributed by atoms with Crippen molar-refractivity contribution in [3.63, 3.8) is 0 Å². The zero-order valence-corrected chi connectivity index (χ0v) is 25.2. The molecule has 220 valence electrons. The summed E-state index contributed by atoms with van der Waals surface area (Å²) < 4.78 is 39.5. The maximum atomic E-state index is 14.0. The van der Waals surface area contributed by atoms with Gasteiger partial charge in [0.05, 0.1) is 24.8 Å². The second kappa shape index (κ2) is 14.7. The van der Waals surface area contributed by atoms with Crippen LogP contribution in [-0.4, -0.2) is 58.5 Å². The van der Waals surface area contributed by atoms with Gasteiger partial charge in [0.1, 0.15) is 12.6 Å². The highest BCUT2D eigenvalue weighted by Gasteiger charge is 2.33. The molecule has 9 nitrogen and oxygen atoms in total. The minimum absolute atomic E-state index is 0.0113. The summed E-state index contributed by atoms with van der Waals surface area (Å²) in [6.45, 7) is 3.63. The number of nitrogens with zero attached hydrogens (tertiary/aromatic N) is 2. The third kappa shape index (κ3) is 8.14. The molecule has 0 aromatic heterocycles. The molecule has 0 saturated heterocycles. The topological polar surface area (TPSA) is 105 Å². The van der Waals surface area contributed by atoms with Crippen molar-refractivity contribution in [3.05, 3.63) is 83.4 Å². The predicted octanol–water partition coefficient (Wildman–Crippen LogP) is 4.89. The Balaban J connectivity index is 2.04. The van der Waals surface area contributed by atoms with Crippen molar-refractivity contribution in [2.24, 2.45) is 0 Å². The van der Waals surface area contributed by atoms with E-state index >= 15 is 0 Å². The third-order valence-electron chi connectivity index (χ3n) is 6.53. The number of sulfonamides is 1. The highest BCUT2D eigenvalue weighted by atomic mass is 35.5. The van der Waals surface area contributed by atoms with Crippen LogP contribution in [0.1, 0.15) is 32.3 Å². The molecule has 1 atom stereocenters. The predicted molar refractivity (Wildman–Crippen MR) is 160 cm³/mol. The number of unbranched alkanes of at least 4 members (excludes halogenated alkanes) is 1. The zero-order valence-electron chi connectivity index (χ0n) is 23.7. The summed E-state index contributed by atoms with van der Waals surface area (Å²) in [5, 5.41) is 3.40. The highest BCUT2D eigenvalue weighted by molar-refractivity contribution is 7.92. The molecule has 3 aromatic carbocycles. The molecular weight excluding hydrogens is 566 g/mol. The number of carbonyl (C=O) groups is 2. The Morgan fingerprint density at radius 2 is 1.61 bits per heavy atom. The first-order valence-electron chi connectivity index (χ1n) is 13.2. The number of nitrogens with one attached hydrogen (secondary N) is 1. The number of hydrogen-bond donors (Lipinski definition) is 1. The summed E-state index contributed by atoms with van der Waals surface area (Å²) in [5.74, 6) is -0.189. The summed E-state index contributed by atoms with van der Waals surface area (Å²) in [6.07, 6.45) is 1.70. The Hall–Kier alpha value is -3.76. The summed E-state index contributed by atoms with van der Waals surface area (Å²) >= 11 is 6.05. The first-order chi connectivity index (χ1) is 19.6. The quantitative estimate of drug-likeness (QED) is 0.264. The second-order valence-corrected chi connectivity index (χ2v) is 11.6. The number of rotatable bonds is 14. The molecule has 0 aliphatic carbocycles. The molecule has 11 heteroatoms. The van der Waals surface area contributed by atoms with Crippen LogP contribution in [0, 0.1) is 0 Å². The van der Waals surface area contributed by atoms with Gasteiger partial charge in [-0.1, -0.05) is 55.3 Å². The van der Waals surface area contributed by atoms with E-state index in [4.69, 9.17) is 21.1 Å². The van der Waals surface area contributed by atoms with Crippen molar-refractivity contribution in [2.45, 2.75) is 44.2 Å². The van der Waals surface area contributed by atoms with Gasteiger partial charge in [0, 0.05) is 24.2 Å². The number of carbonyl (C=O) groups excluding carboxylic acids is 2. The van der Waals surface area contributed by atoms with Crippen LogP contribution >= 0.6 is 11.6 Å². The molecule has 0 aliphatic heterocycles. The van der Waals surface area contributed by atoms with Crippen molar-refractivity contribution in [3.8, 4) is 11.5 Å². The van der Waals surface area contributed by atoms with E-state index in [1.165, 1.54) is 37.3 Å². The number of halogens is 1. The van der Waals surface area contributed by atoms with Crippen LogP contribution in [0.3, 0.4) is 0 Å². The van der Waals surface area contributed by atoms with Crippen LogP contribution in [0.5, 0.6) is 11.5 Å². The van der Waals surface area contributed by atoms with Crippen LogP contribution in [0.2, 0.25) is 5.02 Å². The van der Waals surface area contributed by atoms with E-state index in [1.54, 1.807) is 61.5 Å². The number of methoxy groups -OCH3 is 2. The van der Waals surface area contributed by atoms with E-state index in [0.717, 1.165) is 22.7 Å². The number of hydrogen-bond acceptors (Lipinski definition) is 6. The van der Waals surface area contributed by atoms with Crippen LogP contribution in [-0.2, 0) is 26.2 Å². The fourth-order valence-electron chi connectivity index (χ4n) is 4.13. The number of anilines is 1. The molecule has 41 heavy (non-hydrogen) atoms. The molecular formula is C30H36ClN3O6S. The first kappa shape index (κ1) is 31.8. The van der Waals surface area contributed by atoms with E-state index in [2.05, 4.69) is 5.32 Å². The van der Waals surface area contributed by atoms with Gasteiger partial charge >= 0.3 is 0 Å². The highest BCUT2D eigenvalue weighted by Crippen LogP contribution is 2.34. The van der Waals surface area contributed by atoms with Crippen molar-refractivity contribution >= 4 is 39.1 Å². The number of ether oxygens (including phenoxy) is 2. The van der Waals surface area contributed by atoms with Gasteiger partial charge in [0.25, 0.3) is 10.0 Å². The molecule has 2 amide bonds. The molecule has 1 N–H and O–H groups in total. The molecule has 0 bridgehead atoms. The van der Waals surface area contributed by atoms with Gasteiger partial charge in [-0.05, 0) is 55.3 Å². The summed E-state index contributed by atoms with van der Waals surface area (Å²) in [6, 6.07) is 18.5. The van der Waals surface area contributed by atoms with Crippen molar-refractivity contribution < 1.29 is 27.5 Å². The summed E-state index contributed by atoms with van der Waals surface area (Å²) in [7, 11) is -1.28. The Bertz CT molecular complexity index is 1420. The van der Waals surface area contributed by atoms with E-state index in [9.17, 15) is 18.0 Å². The van der Waals surface area contributed by atoms with Crippen molar-refractivity contribution in [1.82, 2.24) is 10.2 Å². The van der Waals surface area contributed by atoms with E-state index < -0.39 is 28.5 Å². The fraction of sp³-hybridized carbons (Fsp3) is 0.333.